The van der Waals surface area contributed by atoms with Crippen LogP contribution >= 0.6 is 11.8 Å². The van der Waals surface area contributed by atoms with Crippen molar-refractivity contribution in [1.29, 1.82) is 0 Å². The Morgan fingerprint density at radius 3 is 2.62 bits per heavy atom. The lowest BCUT2D eigenvalue weighted by molar-refractivity contribution is 0.416. The molecule has 4 aromatic rings. The number of H-pyrrole nitrogens is 1. The second-order valence-electron chi connectivity index (χ2n) is 7.52. The highest BCUT2D eigenvalue weighted by Crippen LogP contribution is 2.46. The minimum atomic E-state index is -3.55. The number of halogens is 1. The Bertz CT molecular complexity index is 1480. The molecule has 0 amide bonds. The second kappa shape index (κ2) is 8.99. The minimum Gasteiger partial charge on any atom is -0.492 e. The van der Waals surface area contributed by atoms with Crippen LogP contribution in [0.25, 0.3) is 11.1 Å². The van der Waals surface area contributed by atoms with Crippen LogP contribution < -0.4 is 15.8 Å². The molecule has 4 rings (SSSR count). The van der Waals surface area contributed by atoms with Gasteiger partial charge in [0.1, 0.15) is 10.8 Å². The van der Waals surface area contributed by atoms with Crippen molar-refractivity contribution in [2.45, 2.75) is 21.7 Å². The Morgan fingerprint density at radius 1 is 1.29 bits per heavy atom. The van der Waals surface area contributed by atoms with Crippen molar-refractivity contribution in [3.8, 4) is 16.9 Å². The SMILES string of the molecule is COc1c(Nc2cc(C)[nH]n2)nc(Sc2ccc(S(C)(=O)=O)cc2F)c(N)c1-c1cnn(C)c1. The van der Waals surface area contributed by atoms with Gasteiger partial charge >= 0.3 is 0 Å². The number of aryl methyl sites for hydroxylation is 2. The predicted molar refractivity (Wildman–Crippen MR) is 128 cm³/mol. The van der Waals surface area contributed by atoms with Gasteiger partial charge in [-0.05, 0) is 25.1 Å². The van der Waals surface area contributed by atoms with E-state index in [-0.39, 0.29) is 15.5 Å². The molecule has 0 unspecified atom stereocenters. The largest absolute Gasteiger partial charge is 0.492 e. The fourth-order valence-corrected chi connectivity index (χ4v) is 4.74. The van der Waals surface area contributed by atoms with Crippen LogP contribution in [0.3, 0.4) is 0 Å². The molecule has 10 nitrogen and oxygen atoms in total. The number of benzene rings is 1. The van der Waals surface area contributed by atoms with Crippen molar-refractivity contribution >= 4 is 38.9 Å². The number of rotatable bonds is 7. The number of aromatic amines is 1. The lowest BCUT2D eigenvalue weighted by Gasteiger charge is -2.18. The third-order valence-corrected chi connectivity index (χ3v) is 7.01. The molecular weight excluding hydrogens is 481 g/mol. The number of anilines is 3. The summed E-state index contributed by atoms with van der Waals surface area (Å²) in [4.78, 5) is 4.63. The highest BCUT2D eigenvalue weighted by Gasteiger charge is 2.24. The molecule has 0 aliphatic rings. The van der Waals surface area contributed by atoms with E-state index in [1.54, 1.807) is 30.2 Å². The van der Waals surface area contributed by atoms with Gasteiger partial charge in [0.05, 0.1) is 29.5 Å². The summed E-state index contributed by atoms with van der Waals surface area (Å²) in [6.45, 7) is 1.86. The Balaban J connectivity index is 1.86. The van der Waals surface area contributed by atoms with Gasteiger partial charge in [0.25, 0.3) is 0 Å². The van der Waals surface area contributed by atoms with Gasteiger partial charge in [-0.2, -0.15) is 10.2 Å². The van der Waals surface area contributed by atoms with Crippen LogP contribution in [0, 0.1) is 12.7 Å². The third-order valence-electron chi connectivity index (χ3n) is 4.84. The third kappa shape index (κ3) is 4.70. The van der Waals surface area contributed by atoms with Gasteiger partial charge in [-0.3, -0.25) is 9.78 Å². The van der Waals surface area contributed by atoms with E-state index in [1.165, 1.54) is 19.2 Å². The van der Waals surface area contributed by atoms with E-state index in [1.807, 2.05) is 6.92 Å². The highest BCUT2D eigenvalue weighted by molar-refractivity contribution is 7.99. The number of nitrogens with one attached hydrogen (secondary N) is 2. The summed E-state index contributed by atoms with van der Waals surface area (Å²) in [5.74, 6) is 0.483. The van der Waals surface area contributed by atoms with E-state index in [4.69, 9.17) is 10.5 Å². The molecule has 0 saturated carbocycles. The number of nitrogen functional groups attached to an aromatic ring is 1. The Hall–Kier alpha value is -3.58. The van der Waals surface area contributed by atoms with Crippen LogP contribution in [0.1, 0.15) is 5.69 Å². The molecule has 1 aromatic carbocycles. The minimum absolute atomic E-state index is 0.114. The molecule has 178 valence electrons. The van der Waals surface area contributed by atoms with Crippen LogP contribution in [0.4, 0.5) is 21.7 Å². The summed E-state index contributed by atoms with van der Waals surface area (Å²) >= 11 is 0.968. The number of nitrogens with two attached hydrogens (primary N) is 1. The van der Waals surface area contributed by atoms with Crippen LogP contribution in [0.2, 0.25) is 0 Å². The van der Waals surface area contributed by atoms with Gasteiger partial charge in [-0.1, -0.05) is 11.8 Å². The number of sulfone groups is 1. The van der Waals surface area contributed by atoms with Gasteiger partial charge in [-0.25, -0.2) is 17.8 Å². The molecule has 0 aliphatic heterocycles. The fourth-order valence-electron chi connectivity index (χ4n) is 3.26. The number of nitrogens with zero attached hydrogens (tertiary/aromatic N) is 4. The van der Waals surface area contributed by atoms with Crippen molar-refractivity contribution < 1.29 is 17.5 Å². The van der Waals surface area contributed by atoms with Crippen molar-refractivity contribution in [3.05, 3.63) is 48.2 Å². The summed E-state index contributed by atoms with van der Waals surface area (Å²) < 4.78 is 45.6. The van der Waals surface area contributed by atoms with Gasteiger partial charge < -0.3 is 15.8 Å². The molecule has 3 aromatic heterocycles. The number of hydrogen-bond acceptors (Lipinski definition) is 9. The Morgan fingerprint density at radius 2 is 2.06 bits per heavy atom. The highest BCUT2D eigenvalue weighted by atomic mass is 32.2. The zero-order valence-corrected chi connectivity index (χ0v) is 20.4. The molecule has 0 fully saturated rings. The maximum Gasteiger partial charge on any atom is 0.176 e. The average Bonchev–Trinajstić information content (AvgIpc) is 3.38. The molecule has 0 aliphatic carbocycles. The number of pyridine rings is 1. The molecular formula is C21H22FN7O3S2. The maximum atomic E-state index is 14.8. The normalized spacial score (nSPS) is 11.6. The van der Waals surface area contributed by atoms with Gasteiger partial charge in [0, 0.05) is 41.7 Å². The van der Waals surface area contributed by atoms with Crippen LogP contribution in [0.15, 0.2) is 51.5 Å². The standard InChI is InChI=1S/C21H22FN7O3S2/c1-11-7-16(28-27-11)25-20-19(32-3)17(12-9-24-29(2)10-12)18(23)21(26-20)33-15-6-5-13(8-14(15)22)34(4,30)31/h5-10H,23H2,1-4H3,(H2,25,26,27,28). The molecule has 4 N–H and O–H groups in total. The predicted octanol–water partition coefficient (Wildman–Crippen LogP) is 3.54. The first kappa shape index (κ1) is 23.6. The van der Waals surface area contributed by atoms with E-state index in [0.29, 0.717) is 33.5 Å². The van der Waals surface area contributed by atoms with Gasteiger partial charge in [0.15, 0.2) is 27.2 Å². The van der Waals surface area contributed by atoms with Crippen molar-refractivity contribution in [1.82, 2.24) is 25.0 Å². The summed E-state index contributed by atoms with van der Waals surface area (Å²) in [6, 6.07) is 5.49. The first-order valence-corrected chi connectivity index (χ1v) is 12.6. The molecule has 0 atom stereocenters. The molecule has 34 heavy (non-hydrogen) atoms. The monoisotopic (exact) mass is 503 g/mol. The van der Waals surface area contributed by atoms with Crippen molar-refractivity contribution in [2.24, 2.45) is 7.05 Å². The summed E-state index contributed by atoms with van der Waals surface area (Å²) in [7, 11) is -0.282. The van der Waals surface area contributed by atoms with Crippen molar-refractivity contribution in [2.75, 3.05) is 24.4 Å². The lowest BCUT2D eigenvalue weighted by atomic mass is 10.1. The lowest BCUT2D eigenvalue weighted by Crippen LogP contribution is -2.05. The van der Waals surface area contributed by atoms with Crippen LogP contribution in [0.5, 0.6) is 5.75 Å². The Labute approximate surface area is 199 Å². The zero-order chi connectivity index (χ0) is 24.6. The van der Waals surface area contributed by atoms with Crippen LogP contribution in [-0.2, 0) is 16.9 Å². The maximum absolute atomic E-state index is 14.8. The zero-order valence-electron chi connectivity index (χ0n) is 18.7. The number of hydrogen-bond donors (Lipinski definition) is 3. The number of methoxy groups -OCH3 is 1. The molecule has 0 saturated heterocycles. The van der Waals surface area contributed by atoms with E-state index in [2.05, 4.69) is 25.6 Å². The topological polar surface area (TPSA) is 141 Å². The first-order chi connectivity index (χ1) is 16.1. The quantitative estimate of drug-likeness (QED) is 0.345. The number of ether oxygens (including phenoxy) is 1. The van der Waals surface area contributed by atoms with Crippen molar-refractivity contribution in [3.63, 3.8) is 0 Å². The van der Waals surface area contributed by atoms with E-state index in [0.717, 1.165) is 29.8 Å². The second-order valence-corrected chi connectivity index (χ2v) is 10.6. The smallest absolute Gasteiger partial charge is 0.176 e. The average molecular weight is 504 g/mol. The molecule has 0 bridgehead atoms. The molecule has 3 heterocycles. The Kier molecular flexibility index (Phi) is 6.23. The fraction of sp³-hybridized carbons (Fsp3) is 0.190. The van der Waals surface area contributed by atoms with Crippen LogP contribution in [-0.4, -0.2) is 46.7 Å². The summed E-state index contributed by atoms with van der Waals surface area (Å²) in [5.41, 5.74) is 8.79. The van der Waals surface area contributed by atoms with E-state index >= 15 is 0 Å². The van der Waals surface area contributed by atoms with Gasteiger partial charge in [0.2, 0.25) is 0 Å². The molecule has 13 heteroatoms. The summed E-state index contributed by atoms with van der Waals surface area (Å²) in [6.07, 6.45) is 4.42. The summed E-state index contributed by atoms with van der Waals surface area (Å²) in [5, 5.41) is 14.6. The number of aromatic nitrogens is 5. The van der Waals surface area contributed by atoms with Gasteiger partial charge in [-0.15, -0.1) is 0 Å². The molecule has 0 radical (unpaired) electrons. The van der Waals surface area contributed by atoms with E-state index < -0.39 is 15.7 Å². The first-order valence-electron chi connectivity index (χ1n) is 9.89. The molecule has 0 spiro atoms. The van der Waals surface area contributed by atoms with E-state index in [9.17, 15) is 12.8 Å².